The molecule has 0 aliphatic heterocycles. The average Bonchev–Trinajstić information content (AvgIpc) is 3.01. The van der Waals surface area contributed by atoms with Gasteiger partial charge >= 0.3 is 4.94 Å². The number of hydrazone groups is 1. The monoisotopic (exact) mass is 373 g/mol. The molecule has 9 nitrogen and oxygen atoms in total. The SMILES string of the molecule is COc1cc(C=NNC(=O)c2ccc([N+](=O)[O-])cc2)cc2sc(=O)oc12. The highest BCUT2D eigenvalue weighted by molar-refractivity contribution is 7.16. The first kappa shape index (κ1) is 17.3. The molecule has 0 radical (unpaired) electrons. The van der Waals surface area contributed by atoms with Crippen LogP contribution in [0.4, 0.5) is 5.69 Å². The Labute approximate surface area is 149 Å². The number of ether oxygens (including phenoxy) is 1. The van der Waals surface area contributed by atoms with Gasteiger partial charge in [-0.25, -0.2) is 10.2 Å². The summed E-state index contributed by atoms with van der Waals surface area (Å²) in [5, 5.41) is 14.5. The third-order valence-corrected chi connectivity index (χ3v) is 4.13. The van der Waals surface area contributed by atoms with Crippen LogP contribution in [0.1, 0.15) is 15.9 Å². The number of fused-ring (bicyclic) bond motifs is 1. The van der Waals surface area contributed by atoms with E-state index in [0.717, 1.165) is 11.3 Å². The number of benzene rings is 2. The summed E-state index contributed by atoms with van der Waals surface area (Å²) in [4.78, 5) is 32.9. The number of hydrogen-bond acceptors (Lipinski definition) is 8. The average molecular weight is 373 g/mol. The Hall–Kier alpha value is -3.53. The molecule has 2 aromatic carbocycles. The van der Waals surface area contributed by atoms with E-state index >= 15 is 0 Å². The van der Waals surface area contributed by atoms with Crippen molar-refractivity contribution in [1.82, 2.24) is 5.43 Å². The van der Waals surface area contributed by atoms with Crippen molar-refractivity contribution in [3.8, 4) is 5.75 Å². The van der Waals surface area contributed by atoms with Gasteiger partial charge in [-0.1, -0.05) is 11.3 Å². The fourth-order valence-corrected chi connectivity index (χ4v) is 2.89. The summed E-state index contributed by atoms with van der Waals surface area (Å²) in [5.41, 5.74) is 3.40. The lowest BCUT2D eigenvalue weighted by Crippen LogP contribution is -2.17. The number of non-ortho nitro benzene ring substituents is 1. The second-order valence-corrected chi connectivity index (χ2v) is 5.98. The molecule has 0 bridgehead atoms. The smallest absolute Gasteiger partial charge is 0.396 e. The summed E-state index contributed by atoms with van der Waals surface area (Å²) >= 11 is 0.930. The maximum atomic E-state index is 12.0. The van der Waals surface area contributed by atoms with E-state index in [9.17, 15) is 19.7 Å². The molecule has 3 aromatic rings. The van der Waals surface area contributed by atoms with Crippen LogP contribution >= 0.6 is 11.3 Å². The van der Waals surface area contributed by atoms with E-state index in [1.165, 1.54) is 37.6 Å². The minimum atomic E-state index is -0.548. The molecule has 0 atom stereocenters. The number of nitrogens with zero attached hydrogens (tertiary/aromatic N) is 2. The fraction of sp³-hybridized carbons (Fsp3) is 0.0625. The van der Waals surface area contributed by atoms with Gasteiger partial charge in [0.2, 0.25) is 0 Å². The molecular weight excluding hydrogens is 362 g/mol. The first-order valence-corrected chi connectivity index (χ1v) is 7.99. The lowest BCUT2D eigenvalue weighted by molar-refractivity contribution is -0.384. The molecule has 1 heterocycles. The molecule has 26 heavy (non-hydrogen) atoms. The van der Waals surface area contributed by atoms with Crippen LogP contribution in [0.15, 0.2) is 50.7 Å². The summed E-state index contributed by atoms with van der Waals surface area (Å²) in [6.45, 7) is 0. The van der Waals surface area contributed by atoms with Crippen molar-refractivity contribution in [2.45, 2.75) is 0 Å². The minimum Gasteiger partial charge on any atom is -0.493 e. The van der Waals surface area contributed by atoms with E-state index in [2.05, 4.69) is 10.5 Å². The fourth-order valence-electron chi connectivity index (χ4n) is 2.16. The molecule has 1 aromatic heterocycles. The van der Waals surface area contributed by atoms with Gasteiger partial charge < -0.3 is 9.15 Å². The molecular formula is C16H11N3O6S. The van der Waals surface area contributed by atoms with Gasteiger partial charge in [0.05, 0.1) is 22.9 Å². The summed E-state index contributed by atoms with van der Waals surface area (Å²) in [5.74, 6) is -0.138. The number of nitrogens with one attached hydrogen (secondary N) is 1. The topological polar surface area (TPSA) is 124 Å². The number of carbonyl (C=O) groups is 1. The van der Waals surface area contributed by atoms with E-state index in [0.29, 0.717) is 21.6 Å². The zero-order valence-electron chi connectivity index (χ0n) is 13.3. The molecule has 0 saturated carbocycles. The van der Waals surface area contributed by atoms with Crippen molar-refractivity contribution in [3.63, 3.8) is 0 Å². The van der Waals surface area contributed by atoms with E-state index in [1.54, 1.807) is 12.1 Å². The number of nitro benzene ring substituents is 1. The highest BCUT2D eigenvalue weighted by atomic mass is 32.1. The second-order valence-electron chi connectivity index (χ2n) is 5.01. The van der Waals surface area contributed by atoms with Crippen LogP contribution in [0.5, 0.6) is 5.75 Å². The number of amides is 1. The van der Waals surface area contributed by atoms with Crippen molar-refractivity contribution in [3.05, 3.63) is 67.4 Å². The third kappa shape index (κ3) is 3.59. The Kier molecular flexibility index (Phi) is 4.76. The molecule has 0 saturated heterocycles. The van der Waals surface area contributed by atoms with Crippen LogP contribution in [-0.2, 0) is 0 Å². The minimum absolute atomic E-state index is 0.107. The van der Waals surface area contributed by atoms with Crippen LogP contribution in [0.3, 0.4) is 0 Å². The highest BCUT2D eigenvalue weighted by Crippen LogP contribution is 2.28. The van der Waals surface area contributed by atoms with Crippen LogP contribution < -0.4 is 15.1 Å². The number of hydrogen-bond donors (Lipinski definition) is 1. The number of rotatable bonds is 5. The predicted molar refractivity (Wildman–Crippen MR) is 95.1 cm³/mol. The molecule has 1 amide bonds. The van der Waals surface area contributed by atoms with Crippen molar-refractivity contribution in [2.75, 3.05) is 7.11 Å². The maximum absolute atomic E-state index is 12.0. The normalized spacial score (nSPS) is 11.0. The van der Waals surface area contributed by atoms with Crippen molar-refractivity contribution in [2.24, 2.45) is 5.10 Å². The Bertz CT molecular complexity index is 1070. The molecule has 0 aliphatic carbocycles. The van der Waals surface area contributed by atoms with Gasteiger partial charge in [0.15, 0.2) is 11.3 Å². The van der Waals surface area contributed by atoms with Crippen LogP contribution in [0.2, 0.25) is 0 Å². The second kappa shape index (κ2) is 7.15. The Balaban J connectivity index is 1.75. The van der Waals surface area contributed by atoms with Gasteiger partial charge in [0.1, 0.15) is 0 Å². The molecule has 1 N–H and O–H groups in total. The van der Waals surface area contributed by atoms with Crippen molar-refractivity contribution < 1.29 is 18.9 Å². The zero-order chi connectivity index (χ0) is 18.7. The number of nitro groups is 1. The molecule has 0 unspecified atom stereocenters. The molecule has 0 spiro atoms. The maximum Gasteiger partial charge on any atom is 0.396 e. The number of methoxy groups -OCH3 is 1. The Morgan fingerprint density at radius 2 is 2.08 bits per heavy atom. The lowest BCUT2D eigenvalue weighted by atomic mass is 10.2. The van der Waals surface area contributed by atoms with Crippen LogP contribution in [0, 0.1) is 10.1 Å². The Morgan fingerprint density at radius 3 is 2.73 bits per heavy atom. The first-order valence-electron chi connectivity index (χ1n) is 7.17. The van der Waals surface area contributed by atoms with E-state index in [4.69, 9.17) is 9.15 Å². The van der Waals surface area contributed by atoms with Crippen LogP contribution in [0.25, 0.3) is 10.3 Å². The largest absolute Gasteiger partial charge is 0.493 e. The summed E-state index contributed by atoms with van der Waals surface area (Å²) in [6, 6.07) is 8.42. The molecule has 132 valence electrons. The van der Waals surface area contributed by atoms with Gasteiger partial charge in [0.25, 0.3) is 11.6 Å². The third-order valence-electron chi connectivity index (χ3n) is 3.36. The van der Waals surface area contributed by atoms with E-state index < -0.39 is 15.8 Å². The quantitative estimate of drug-likeness (QED) is 0.416. The van der Waals surface area contributed by atoms with Crippen molar-refractivity contribution >= 4 is 39.4 Å². The van der Waals surface area contributed by atoms with Crippen LogP contribution in [-0.4, -0.2) is 24.2 Å². The predicted octanol–water partition coefficient (Wildman–Crippen LogP) is 2.54. The summed E-state index contributed by atoms with van der Waals surface area (Å²) in [6.07, 6.45) is 1.38. The lowest BCUT2D eigenvalue weighted by Gasteiger charge is -2.02. The molecule has 10 heteroatoms. The van der Waals surface area contributed by atoms with Gasteiger partial charge in [0, 0.05) is 17.7 Å². The van der Waals surface area contributed by atoms with E-state index in [-0.39, 0.29) is 11.3 Å². The molecule has 0 aliphatic rings. The first-order chi connectivity index (χ1) is 12.5. The van der Waals surface area contributed by atoms with E-state index in [1.807, 2.05) is 0 Å². The molecule has 0 fully saturated rings. The zero-order valence-corrected chi connectivity index (χ0v) is 14.1. The Morgan fingerprint density at radius 1 is 1.35 bits per heavy atom. The van der Waals surface area contributed by atoms with Gasteiger partial charge in [-0.15, -0.1) is 0 Å². The highest BCUT2D eigenvalue weighted by Gasteiger charge is 2.11. The summed E-state index contributed by atoms with van der Waals surface area (Å²) in [7, 11) is 1.45. The summed E-state index contributed by atoms with van der Waals surface area (Å²) < 4.78 is 10.8. The molecule has 3 rings (SSSR count). The van der Waals surface area contributed by atoms with Gasteiger partial charge in [-0.05, 0) is 29.8 Å². The van der Waals surface area contributed by atoms with Crippen molar-refractivity contribution in [1.29, 1.82) is 0 Å². The van der Waals surface area contributed by atoms with Gasteiger partial charge in [-0.3, -0.25) is 14.9 Å². The van der Waals surface area contributed by atoms with Gasteiger partial charge in [-0.2, -0.15) is 5.10 Å². The number of carbonyl (C=O) groups excluding carboxylic acids is 1. The standard InChI is InChI=1S/C16H11N3O6S/c1-24-12-6-9(7-13-14(12)25-16(21)26-13)8-17-18-15(20)10-2-4-11(5-3-10)19(22)23/h2-8H,1H3,(H,18,20).